The number of nitrogens with zero attached hydrogens (tertiary/aromatic N) is 2. The molecule has 5 nitrogen and oxygen atoms in total. The summed E-state index contributed by atoms with van der Waals surface area (Å²) in [5.41, 5.74) is 2.19. The molecule has 0 spiro atoms. The molecule has 1 aliphatic carbocycles. The van der Waals surface area contributed by atoms with Crippen molar-refractivity contribution in [1.29, 1.82) is 0 Å². The second kappa shape index (κ2) is 5.39. The zero-order valence-corrected chi connectivity index (χ0v) is 12.2. The molecule has 1 aliphatic heterocycles. The molecule has 1 N–H and O–H groups in total. The molecule has 2 amide bonds. The SMILES string of the molecule is CN(CC1CC1)C(=O)N1CCc2c(cccc2C(=O)O)C1. The molecule has 1 aromatic rings. The minimum absolute atomic E-state index is 0.0493. The number of hydrogen-bond acceptors (Lipinski definition) is 2. The Balaban J connectivity index is 1.73. The topological polar surface area (TPSA) is 60.9 Å². The van der Waals surface area contributed by atoms with Gasteiger partial charge in [0.2, 0.25) is 0 Å². The Labute approximate surface area is 124 Å². The second-order valence-electron chi connectivity index (χ2n) is 6.03. The Hall–Kier alpha value is -2.04. The molecular formula is C16H20N2O3. The Kier molecular flexibility index (Phi) is 3.57. The van der Waals surface area contributed by atoms with E-state index in [9.17, 15) is 14.7 Å². The van der Waals surface area contributed by atoms with Crippen LogP contribution >= 0.6 is 0 Å². The van der Waals surface area contributed by atoms with E-state index in [4.69, 9.17) is 0 Å². The summed E-state index contributed by atoms with van der Waals surface area (Å²) in [6.07, 6.45) is 3.06. The number of carbonyl (C=O) groups excluding carboxylic acids is 1. The van der Waals surface area contributed by atoms with Gasteiger partial charge in [0.05, 0.1) is 5.56 Å². The lowest BCUT2D eigenvalue weighted by atomic mass is 9.94. The van der Waals surface area contributed by atoms with Crippen LogP contribution in [0.5, 0.6) is 0 Å². The first-order chi connectivity index (χ1) is 10.1. The van der Waals surface area contributed by atoms with Crippen LogP contribution < -0.4 is 0 Å². The molecule has 1 aromatic carbocycles. The van der Waals surface area contributed by atoms with E-state index >= 15 is 0 Å². The van der Waals surface area contributed by atoms with Crippen molar-refractivity contribution in [3.05, 3.63) is 34.9 Å². The van der Waals surface area contributed by atoms with Crippen molar-refractivity contribution in [2.24, 2.45) is 5.92 Å². The summed E-state index contributed by atoms with van der Waals surface area (Å²) in [7, 11) is 1.85. The molecule has 1 saturated carbocycles. The Morgan fingerprint density at radius 1 is 1.38 bits per heavy atom. The maximum absolute atomic E-state index is 12.4. The molecule has 0 unspecified atom stereocenters. The summed E-state index contributed by atoms with van der Waals surface area (Å²) in [6, 6.07) is 5.36. The number of amides is 2. The summed E-state index contributed by atoms with van der Waals surface area (Å²) in [5.74, 6) is -0.216. The van der Waals surface area contributed by atoms with Gasteiger partial charge in [-0.3, -0.25) is 0 Å². The summed E-state index contributed by atoms with van der Waals surface area (Å²) in [5, 5.41) is 9.22. The summed E-state index contributed by atoms with van der Waals surface area (Å²) in [6.45, 7) is 1.92. The van der Waals surface area contributed by atoms with Crippen LogP contribution in [0.1, 0.15) is 34.3 Å². The predicted octanol–water partition coefficient (Wildman–Crippen LogP) is 2.20. The van der Waals surface area contributed by atoms with E-state index in [0.717, 1.165) is 17.7 Å². The van der Waals surface area contributed by atoms with E-state index in [-0.39, 0.29) is 6.03 Å². The number of fused-ring (bicyclic) bond motifs is 1. The normalized spacial score (nSPS) is 17.3. The van der Waals surface area contributed by atoms with Crippen molar-refractivity contribution in [3.63, 3.8) is 0 Å². The van der Waals surface area contributed by atoms with Crippen molar-refractivity contribution in [3.8, 4) is 0 Å². The van der Waals surface area contributed by atoms with Crippen molar-refractivity contribution < 1.29 is 14.7 Å². The maximum atomic E-state index is 12.4. The zero-order chi connectivity index (χ0) is 15.0. The van der Waals surface area contributed by atoms with Gasteiger partial charge < -0.3 is 14.9 Å². The highest BCUT2D eigenvalue weighted by Gasteiger charge is 2.29. The maximum Gasteiger partial charge on any atom is 0.335 e. The van der Waals surface area contributed by atoms with Crippen LogP contribution in [0.2, 0.25) is 0 Å². The quantitative estimate of drug-likeness (QED) is 0.927. The lowest BCUT2D eigenvalue weighted by molar-refractivity contribution is 0.0695. The fraction of sp³-hybridized carbons (Fsp3) is 0.500. The van der Waals surface area contributed by atoms with E-state index in [1.54, 1.807) is 17.0 Å². The predicted molar refractivity (Wildman–Crippen MR) is 78.3 cm³/mol. The Bertz CT molecular complexity index is 581. The lowest BCUT2D eigenvalue weighted by Gasteiger charge is -2.33. The highest BCUT2D eigenvalue weighted by molar-refractivity contribution is 5.90. The first-order valence-electron chi connectivity index (χ1n) is 7.40. The average Bonchev–Trinajstić information content (AvgIpc) is 3.28. The van der Waals surface area contributed by atoms with E-state index in [1.165, 1.54) is 12.8 Å². The van der Waals surface area contributed by atoms with Gasteiger partial charge in [-0.15, -0.1) is 0 Å². The largest absolute Gasteiger partial charge is 0.478 e. The standard InChI is InChI=1S/C16H20N2O3/c1-17(9-11-5-6-11)16(21)18-8-7-13-12(10-18)3-2-4-14(13)15(19)20/h2-4,11H,5-10H2,1H3,(H,19,20). The van der Waals surface area contributed by atoms with Gasteiger partial charge in [0.15, 0.2) is 0 Å². The number of benzene rings is 1. The second-order valence-corrected chi connectivity index (χ2v) is 6.03. The molecule has 1 heterocycles. The van der Waals surface area contributed by atoms with Crippen LogP contribution in [0.25, 0.3) is 0 Å². The minimum Gasteiger partial charge on any atom is -0.478 e. The molecule has 0 atom stereocenters. The number of hydrogen-bond donors (Lipinski definition) is 1. The van der Waals surface area contributed by atoms with Gasteiger partial charge >= 0.3 is 12.0 Å². The van der Waals surface area contributed by atoms with E-state index in [1.807, 2.05) is 18.0 Å². The van der Waals surface area contributed by atoms with Gasteiger partial charge in [-0.2, -0.15) is 0 Å². The molecule has 0 radical (unpaired) electrons. The monoisotopic (exact) mass is 288 g/mol. The fourth-order valence-corrected chi connectivity index (χ4v) is 2.98. The number of carboxylic acids is 1. The number of urea groups is 1. The van der Waals surface area contributed by atoms with Crippen LogP contribution in [-0.2, 0) is 13.0 Å². The van der Waals surface area contributed by atoms with Crippen molar-refractivity contribution in [1.82, 2.24) is 9.80 Å². The minimum atomic E-state index is -0.891. The molecular weight excluding hydrogens is 268 g/mol. The molecule has 112 valence electrons. The molecule has 1 fully saturated rings. The summed E-state index contributed by atoms with van der Waals surface area (Å²) < 4.78 is 0. The molecule has 21 heavy (non-hydrogen) atoms. The van der Waals surface area contributed by atoms with E-state index in [2.05, 4.69) is 0 Å². The molecule has 2 aliphatic rings. The van der Waals surface area contributed by atoms with Crippen LogP contribution in [0.15, 0.2) is 18.2 Å². The smallest absolute Gasteiger partial charge is 0.335 e. The van der Waals surface area contributed by atoms with Gasteiger partial charge in [-0.25, -0.2) is 9.59 Å². The van der Waals surface area contributed by atoms with E-state index < -0.39 is 5.97 Å². The third-order valence-corrected chi connectivity index (χ3v) is 4.32. The van der Waals surface area contributed by atoms with Gasteiger partial charge in [-0.05, 0) is 42.4 Å². The average molecular weight is 288 g/mol. The number of carbonyl (C=O) groups is 2. The first-order valence-corrected chi connectivity index (χ1v) is 7.40. The highest BCUT2D eigenvalue weighted by Crippen LogP contribution is 2.30. The van der Waals surface area contributed by atoms with E-state index in [0.29, 0.717) is 31.0 Å². The molecule has 3 rings (SSSR count). The molecule has 0 saturated heterocycles. The fourth-order valence-electron chi connectivity index (χ4n) is 2.98. The lowest BCUT2D eigenvalue weighted by Crippen LogP contribution is -2.44. The van der Waals surface area contributed by atoms with Crippen LogP contribution in [0.4, 0.5) is 4.79 Å². The van der Waals surface area contributed by atoms with Crippen molar-refractivity contribution in [2.75, 3.05) is 20.1 Å². The van der Waals surface area contributed by atoms with Crippen molar-refractivity contribution in [2.45, 2.75) is 25.8 Å². The summed E-state index contributed by atoms with van der Waals surface area (Å²) in [4.78, 5) is 27.3. The molecule has 0 aromatic heterocycles. The van der Waals surface area contributed by atoms with Crippen LogP contribution in [-0.4, -0.2) is 47.0 Å². The summed E-state index contributed by atoms with van der Waals surface area (Å²) >= 11 is 0. The van der Waals surface area contributed by atoms with Crippen molar-refractivity contribution >= 4 is 12.0 Å². The van der Waals surface area contributed by atoms with Crippen LogP contribution in [0.3, 0.4) is 0 Å². The Morgan fingerprint density at radius 2 is 2.14 bits per heavy atom. The molecule has 5 heteroatoms. The zero-order valence-electron chi connectivity index (χ0n) is 12.2. The van der Waals surface area contributed by atoms with Gasteiger partial charge in [0, 0.05) is 26.7 Å². The van der Waals surface area contributed by atoms with Gasteiger partial charge in [0.1, 0.15) is 0 Å². The van der Waals surface area contributed by atoms with Gasteiger partial charge in [0.25, 0.3) is 0 Å². The molecule has 0 bridgehead atoms. The van der Waals surface area contributed by atoms with Gasteiger partial charge in [-0.1, -0.05) is 12.1 Å². The number of carboxylic acid groups (broad SMARTS) is 1. The Morgan fingerprint density at radius 3 is 2.81 bits per heavy atom. The highest BCUT2D eigenvalue weighted by atomic mass is 16.4. The first kappa shape index (κ1) is 13.9. The number of rotatable bonds is 3. The number of aromatic carboxylic acids is 1. The third kappa shape index (κ3) is 2.86. The van der Waals surface area contributed by atoms with Crippen LogP contribution in [0, 0.1) is 5.92 Å². The third-order valence-electron chi connectivity index (χ3n) is 4.32.